The Morgan fingerprint density at radius 3 is 1.11 bits per heavy atom. The molecule has 2 aliphatic rings. The van der Waals surface area contributed by atoms with Gasteiger partial charge in [0.2, 0.25) is 11.8 Å². The van der Waals surface area contributed by atoms with Crippen molar-refractivity contribution in [2.24, 2.45) is 0 Å². The number of hydrogen-bond acceptors (Lipinski definition) is 7. The summed E-state index contributed by atoms with van der Waals surface area (Å²) in [5, 5.41) is 21.2. The van der Waals surface area contributed by atoms with Gasteiger partial charge in [-0.05, 0) is 55.6 Å². The summed E-state index contributed by atoms with van der Waals surface area (Å²) in [6, 6.07) is 48.3. The summed E-state index contributed by atoms with van der Waals surface area (Å²) in [6.07, 6.45) is -2.43. The van der Waals surface area contributed by atoms with E-state index in [1.807, 2.05) is 133 Å². The smallest absolute Gasteiger partial charge is 0.407 e. The SMILES string of the molecule is O=C(N[C@@H](Cc1ccccc1)C(=O)NC(CCO)NC(=O)[C@@H](Cc1ccccc1)NC(=O)OCC1c2ccccc2-c2ccccc21)OCC1c2ccccc2-c2ccccc21. The number of fused-ring (bicyclic) bond motifs is 6. The van der Waals surface area contributed by atoms with Crippen molar-refractivity contribution in [2.75, 3.05) is 19.8 Å². The summed E-state index contributed by atoms with van der Waals surface area (Å²) in [5.41, 5.74) is 10.2. The van der Waals surface area contributed by atoms with Gasteiger partial charge < -0.3 is 35.8 Å². The van der Waals surface area contributed by atoms with Crippen LogP contribution in [0.5, 0.6) is 0 Å². The Kier molecular flexibility index (Phi) is 13.0. The number of amides is 4. The monoisotopic (exact) mass is 828 g/mol. The van der Waals surface area contributed by atoms with Crippen LogP contribution in [0.25, 0.3) is 22.3 Å². The molecule has 11 heteroatoms. The quantitative estimate of drug-likeness (QED) is 0.0646. The van der Waals surface area contributed by atoms with Crippen molar-refractivity contribution in [3.63, 3.8) is 0 Å². The van der Waals surface area contributed by atoms with Gasteiger partial charge in [0.25, 0.3) is 0 Å². The Balaban J connectivity index is 0.935. The van der Waals surface area contributed by atoms with E-state index in [2.05, 4.69) is 45.5 Å². The average Bonchev–Trinajstić information content (AvgIpc) is 3.80. The van der Waals surface area contributed by atoms with Crippen LogP contribution >= 0.6 is 0 Å². The van der Waals surface area contributed by atoms with Gasteiger partial charge in [-0.25, -0.2) is 9.59 Å². The molecule has 5 N–H and O–H groups in total. The molecule has 62 heavy (non-hydrogen) atoms. The molecule has 0 saturated carbocycles. The maximum absolute atomic E-state index is 14.1. The van der Waals surface area contributed by atoms with E-state index < -0.39 is 42.3 Å². The first kappa shape index (κ1) is 41.5. The number of alkyl carbamates (subject to hydrolysis) is 2. The van der Waals surface area contributed by atoms with Crippen molar-refractivity contribution in [1.82, 2.24) is 21.3 Å². The number of nitrogens with one attached hydrogen (secondary N) is 4. The summed E-state index contributed by atoms with van der Waals surface area (Å²) in [5.74, 6) is -1.57. The second-order valence-corrected chi connectivity index (χ2v) is 15.5. The second-order valence-electron chi connectivity index (χ2n) is 15.5. The number of aliphatic hydroxyl groups excluding tert-OH is 1. The van der Waals surface area contributed by atoms with Gasteiger partial charge in [0.1, 0.15) is 31.5 Å². The summed E-state index contributed by atoms with van der Waals surface area (Å²) in [7, 11) is 0. The van der Waals surface area contributed by atoms with Crippen molar-refractivity contribution in [3.05, 3.63) is 191 Å². The summed E-state index contributed by atoms with van der Waals surface area (Å²) in [6.45, 7) is -0.262. The molecule has 4 amide bonds. The Morgan fingerprint density at radius 2 is 0.774 bits per heavy atom. The first-order valence-corrected chi connectivity index (χ1v) is 20.9. The van der Waals surface area contributed by atoms with Gasteiger partial charge >= 0.3 is 12.2 Å². The number of benzene rings is 6. The molecular formula is C51H48N4O7. The predicted octanol–water partition coefficient (Wildman–Crippen LogP) is 7.23. The third-order valence-electron chi connectivity index (χ3n) is 11.5. The number of hydrogen-bond donors (Lipinski definition) is 5. The fraction of sp³-hybridized carbons (Fsp3) is 0.216. The van der Waals surface area contributed by atoms with Crippen LogP contribution in [-0.4, -0.2) is 67.2 Å². The van der Waals surface area contributed by atoms with E-state index in [9.17, 15) is 24.3 Å². The number of aliphatic hydroxyl groups is 1. The average molecular weight is 829 g/mol. The molecule has 0 aliphatic heterocycles. The highest BCUT2D eigenvalue weighted by Gasteiger charge is 2.33. The van der Waals surface area contributed by atoms with Crippen LogP contribution in [0.1, 0.15) is 51.6 Å². The first-order chi connectivity index (χ1) is 30.4. The zero-order valence-electron chi connectivity index (χ0n) is 34.0. The molecule has 314 valence electrons. The highest BCUT2D eigenvalue weighted by Crippen LogP contribution is 2.45. The maximum atomic E-state index is 14.1. The van der Waals surface area contributed by atoms with E-state index in [0.29, 0.717) is 0 Å². The van der Waals surface area contributed by atoms with Crippen LogP contribution in [0.3, 0.4) is 0 Å². The molecule has 6 aromatic carbocycles. The number of ether oxygens (including phenoxy) is 2. The Bertz CT molecular complexity index is 2270. The highest BCUT2D eigenvalue weighted by atomic mass is 16.6. The molecule has 0 saturated heterocycles. The normalized spacial score (nSPS) is 13.9. The zero-order chi connectivity index (χ0) is 42.8. The van der Waals surface area contributed by atoms with Crippen molar-refractivity contribution < 1.29 is 33.8 Å². The molecule has 0 radical (unpaired) electrons. The van der Waals surface area contributed by atoms with Crippen LogP contribution in [0.2, 0.25) is 0 Å². The van der Waals surface area contributed by atoms with Gasteiger partial charge in [-0.3, -0.25) is 9.59 Å². The molecule has 11 nitrogen and oxygen atoms in total. The largest absolute Gasteiger partial charge is 0.449 e. The van der Waals surface area contributed by atoms with E-state index in [1.54, 1.807) is 0 Å². The number of rotatable bonds is 16. The van der Waals surface area contributed by atoms with Gasteiger partial charge in [0.15, 0.2) is 0 Å². The van der Waals surface area contributed by atoms with Crippen LogP contribution in [-0.2, 0) is 31.9 Å². The van der Waals surface area contributed by atoms with Crippen LogP contribution in [0, 0.1) is 0 Å². The van der Waals surface area contributed by atoms with Crippen molar-refractivity contribution in [1.29, 1.82) is 0 Å². The minimum Gasteiger partial charge on any atom is -0.449 e. The lowest BCUT2D eigenvalue weighted by Gasteiger charge is -2.26. The van der Waals surface area contributed by atoms with E-state index in [0.717, 1.165) is 55.6 Å². The van der Waals surface area contributed by atoms with Crippen molar-refractivity contribution >= 4 is 24.0 Å². The minimum absolute atomic E-state index is 0.0521. The zero-order valence-corrected chi connectivity index (χ0v) is 34.0. The molecule has 2 aliphatic carbocycles. The molecule has 6 aromatic rings. The predicted molar refractivity (Wildman–Crippen MR) is 236 cm³/mol. The second kappa shape index (κ2) is 19.4. The molecule has 1 unspecified atom stereocenters. The topological polar surface area (TPSA) is 155 Å². The van der Waals surface area contributed by atoms with Gasteiger partial charge in [0.05, 0.1) is 0 Å². The number of carbonyl (C=O) groups is 4. The number of carbonyl (C=O) groups excluding carboxylic acids is 4. The maximum Gasteiger partial charge on any atom is 0.407 e. The Hall–Kier alpha value is -7.24. The third kappa shape index (κ3) is 9.53. The Morgan fingerprint density at radius 1 is 0.452 bits per heavy atom. The van der Waals surface area contributed by atoms with Gasteiger partial charge in [-0.2, -0.15) is 0 Å². The van der Waals surface area contributed by atoms with E-state index >= 15 is 0 Å². The lowest BCUT2D eigenvalue weighted by molar-refractivity contribution is -0.126. The van der Waals surface area contributed by atoms with Gasteiger partial charge in [-0.15, -0.1) is 0 Å². The molecule has 8 rings (SSSR count). The summed E-state index contributed by atoms with van der Waals surface area (Å²) >= 11 is 0. The molecular weight excluding hydrogens is 781 g/mol. The highest BCUT2D eigenvalue weighted by molar-refractivity contribution is 5.89. The van der Waals surface area contributed by atoms with Gasteiger partial charge in [0, 0.05) is 37.7 Å². The lowest BCUT2D eigenvalue weighted by atomic mass is 9.98. The molecule has 3 atom stereocenters. The van der Waals surface area contributed by atoms with Gasteiger partial charge in [-0.1, -0.05) is 158 Å². The molecule has 0 bridgehead atoms. The standard InChI is InChI=1S/C51H48N4O7/c56-28-27-47(54-48(57)45(29-33-15-3-1-4-16-33)52-50(59)61-31-43-39-23-11-7-19-35(39)36-20-8-12-24-40(36)43)55-49(58)46(30-34-17-5-2-6-18-34)53-51(60)62-32-44-41-25-13-9-21-37(41)38-22-10-14-26-42(38)44/h1-26,43-47,56H,27-32H2,(H,52,59)(H,53,60)(H,54,57)(H,55,58)/t45-,46+,47?. The third-order valence-corrected chi connectivity index (χ3v) is 11.5. The van der Waals surface area contributed by atoms with Crippen molar-refractivity contribution in [3.8, 4) is 22.3 Å². The van der Waals surface area contributed by atoms with Crippen LogP contribution in [0.15, 0.2) is 158 Å². The molecule has 0 heterocycles. The van der Waals surface area contributed by atoms with E-state index in [1.165, 1.54) is 0 Å². The first-order valence-electron chi connectivity index (χ1n) is 20.9. The van der Waals surface area contributed by atoms with E-state index in [4.69, 9.17) is 9.47 Å². The summed E-state index contributed by atoms with van der Waals surface area (Å²) in [4.78, 5) is 55.1. The molecule has 0 aromatic heterocycles. The fourth-order valence-electron chi connectivity index (χ4n) is 8.54. The fourth-order valence-corrected chi connectivity index (χ4v) is 8.54. The van der Waals surface area contributed by atoms with Crippen LogP contribution in [0.4, 0.5) is 9.59 Å². The Labute approximate surface area is 360 Å². The summed E-state index contributed by atoms with van der Waals surface area (Å²) < 4.78 is 11.6. The van der Waals surface area contributed by atoms with Crippen molar-refractivity contribution in [2.45, 2.75) is 49.3 Å². The molecule has 0 spiro atoms. The van der Waals surface area contributed by atoms with E-state index in [-0.39, 0.29) is 50.9 Å². The van der Waals surface area contributed by atoms with Crippen LogP contribution < -0.4 is 21.3 Å². The minimum atomic E-state index is -1.11. The molecule has 0 fully saturated rings. The lowest BCUT2D eigenvalue weighted by Crippen LogP contribution is -2.58.